The van der Waals surface area contributed by atoms with Gasteiger partial charge in [-0.3, -0.25) is 28.8 Å². The first kappa shape index (κ1) is 24.5. The number of ketones is 5. The van der Waals surface area contributed by atoms with Gasteiger partial charge in [0.1, 0.15) is 5.75 Å². The maximum absolute atomic E-state index is 13.7. The van der Waals surface area contributed by atoms with Gasteiger partial charge in [-0.1, -0.05) is 0 Å². The van der Waals surface area contributed by atoms with Crippen LogP contribution in [0.3, 0.4) is 0 Å². The lowest BCUT2D eigenvalue weighted by molar-refractivity contribution is -0.175. The molecule has 0 heterocycles. The molecular weight excluding hydrogens is 456 g/mol. The molecule has 0 bridgehead atoms. The van der Waals surface area contributed by atoms with Gasteiger partial charge in [0.15, 0.2) is 40.4 Å². The number of nitrogens with two attached hydrogens (primary N) is 1. The van der Waals surface area contributed by atoms with Crippen molar-refractivity contribution in [1.29, 1.82) is 0 Å². The molecule has 1 aromatic rings. The number of carbonyl (C=O) groups is 6. The zero-order chi connectivity index (χ0) is 26.0. The highest BCUT2D eigenvalue weighted by Gasteiger charge is 2.66. The molecule has 35 heavy (non-hydrogen) atoms. The normalized spacial score (nSPS) is 30.1. The van der Waals surface area contributed by atoms with Crippen molar-refractivity contribution >= 4 is 46.6 Å². The fraction of sp³-hybridized carbons (Fsp3) is 0.440. The Kier molecular flexibility index (Phi) is 5.75. The summed E-state index contributed by atoms with van der Waals surface area (Å²) in [6.07, 6.45) is 2.43. The second kappa shape index (κ2) is 8.23. The Morgan fingerprint density at radius 1 is 1.14 bits per heavy atom. The zero-order valence-corrected chi connectivity index (χ0v) is 19.5. The van der Waals surface area contributed by atoms with Crippen LogP contribution in [0.4, 0.5) is 5.69 Å². The van der Waals surface area contributed by atoms with E-state index >= 15 is 0 Å². The number of aromatic hydroxyl groups is 1. The Labute approximate surface area is 200 Å². The molecule has 184 valence electrons. The first-order valence-corrected chi connectivity index (χ1v) is 11.2. The minimum atomic E-state index is -2.69. The fourth-order valence-electron chi connectivity index (χ4n) is 5.77. The zero-order valence-electron chi connectivity index (χ0n) is 19.5. The summed E-state index contributed by atoms with van der Waals surface area (Å²) in [6, 6.07) is 1.63. The summed E-state index contributed by atoms with van der Waals surface area (Å²) in [5, 5.41) is 22.2. The maximum atomic E-state index is 13.7. The molecule has 1 amide bonds. The standard InChI is InChI=1S/C25H26N2O8/c1-10(28)4-5-11-8-15(27(2)3)14-7-12-6-13-9-16(29)19(24(26)34)23(33)25(13,35)22(32)17(12)21(31)18(14)20(11)30/h4-5,8,12-13,17,19,30,35H,6-7,9H2,1-3H3,(H2,26,34)/t12-,13+,17?,19?,25+/m1/s1. The van der Waals surface area contributed by atoms with Crippen LogP contribution in [0.5, 0.6) is 5.75 Å². The second-order valence-electron chi connectivity index (χ2n) is 9.76. The van der Waals surface area contributed by atoms with Gasteiger partial charge in [0, 0.05) is 37.7 Å². The van der Waals surface area contributed by atoms with Gasteiger partial charge >= 0.3 is 0 Å². The van der Waals surface area contributed by atoms with Gasteiger partial charge in [0.2, 0.25) is 5.91 Å². The van der Waals surface area contributed by atoms with E-state index in [9.17, 15) is 39.0 Å². The number of phenolic OH excluding ortho intramolecular Hbond substituents is 1. The third-order valence-electron chi connectivity index (χ3n) is 7.39. The van der Waals surface area contributed by atoms with Gasteiger partial charge < -0.3 is 20.8 Å². The molecule has 2 unspecified atom stereocenters. The quantitative estimate of drug-likeness (QED) is 0.394. The number of carbonyl (C=O) groups excluding carboxylic acids is 6. The fourth-order valence-corrected chi connectivity index (χ4v) is 5.77. The van der Waals surface area contributed by atoms with Gasteiger partial charge in [-0.25, -0.2) is 0 Å². The number of aliphatic hydroxyl groups is 1. The van der Waals surface area contributed by atoms with E-state index in [0.29, 0.717) is 11.3 Å². The Balaban J connectivity index is 1.86. The number of benzene rings is 1. The van der Waals surface area contributed by atoms with Crippen LogP contribution in [0.25, 0.3) is 6.08 Å². The van der Waals surface area contributed by atoms with Crippen LogP contribution in [0, 0.1) is 23.7 Å². The molecule has 0 aliphatic heterocycles. The minimum absolute atomic E-state index is 0.0284. The molecule has 4 rings (SSSR count). The third-order valence-corrected chi connectivity index (χ3v) is 7.39. The third kappa shape index (κ3) is 3.51. The summed E-state index contributed by atoms with van der Waals surface area (Å²) in [7, 11) is 3.49. The Bertz CT molecular complexity index is 1250. The van der Waals surface area contributed by atoms with Crippen molar-refractivity contribution in [3.63, 3.8) is 0 Å². The van der Waals surface area contributed by atoms with Crippen molar-refractivity contribution in [2.24, 2.45) is 29.4 Å². The largest absolute Gasteiger partial charge is 0.507 e. The molecule has 2 fully saturated rings. The first-order chi connectivity index (χ1) is 16.3. The number of allylic oxidation sites excluding steroid dienone is 1. The van der Waals surface area contributed by atoms with Gasteiger partial charge in [0.25, 0.3) is 0 Å². The molecule has 0 aromatic heterocycles. The van der Waals surface area contributed by atoms with Crippen LogP contribution in [0.1, 0.15) is 41.3 Å². The predicted octanol–water partition coefficient (Wildman–Crippen LogP) is -0.00490. The lowest BCUT2D eigenvalue weighted by Gasteiger charge is -2.48. The van der Waals surface area contributed by atoms with Crippen molar-refractivity contribution in [2.75, 3.05) is 19.0 Å². The Morgan fingerprint density at radius 2 is 1.80 bits per heavy atom. The highest BCUT2D eigenvalue weighted by Crippen LogP contribution is 2.51. The monoisotopic (exact) mass is 482 g/mol. The van der Waals surface area contributed by atoms with Crippen molar-refractivity contribution in [1.82, 2.24) is 0 Å². The van der Waals surface area contributed by atoms with E-state index in [1.807, 2.05) is 0 Å². The average Bonchev–Trinajstić information content (AvgIpc) is 2.75. The van der Waals surface area contributed by atoms with E-state index in [1.165, 1.54) is 19.1 Å². The van der Waals surface area contributed by atoms with Gasteiger partial charge in [-0.15, -0.1) is 0 Å². The van der Waals surface area contributed by atoms with Crippen LogP contribution in [0.15, 0.2) is 12.1 Å². The topological polar surface area (TPSA) is 172 Å². The lowest BCUT2D eigenvalue weighted by atomic mass is 9.53. The molecule has 1 aromatic carbocycles. The SMILES string of the molecule is CC(=O)C=Cc1cc(N(C)C)c2c(c1O)C(=O)C1C(=O)[C@]3(O)C(=O)C(C(N)=O)C(=O)C[C@@H]3C[C@@H]1C2. The van der Waals surface area contributed by atoms with Crippen LogP contribution < -0.4 is 10.6 Å². The number of Topliss-reactive ketones (excluding diaryl/α,β-unsaturated/α-hetero) is 4. The van der Waals surface area contributed by atoms with Crippen molar-refractivity contribution in [3.05, 3.63) is 28.8 Å². The van der Waals surface area contributed by atoms with E-state index in [4.69, 9.17) is 5.73 Å². The molecule has 0 saturated heterocycles. The first-order valence-electron chi connectivity index (χ1n) is 11.2. The van der Waals surface area contributed by atoms with Crippen molar-refractivity contribution < 1.29 is 39.0 Å². The van der Waals surface area contributed by atoms with E-state index in [2.05, 4.69) is 0 Å². The molecule has 3 aliphatic rings. The van der Waals surface area contributed by atoms with Crippen molar-refractivity contribution in [2.45, 2.75) is 31.8 Å². The summed E-state index contributed by atoms with van der Waals surface area (Å²) in [5.41, 5.74) is 3.69. The highest BCUT2D eigenvalue weighted by atomic mass is 16.3. The van der Waals surface area contributed by atoms with Crippen LogP contribution in [-0.2, 0) is 30.4 Å². The number of rotatable bonds is 4. The molecule has 5 atom stereocenters. The van der Waals surface area contributed by atoms with Crippen LogP contribution >= 0.6 is 0 Å². The molecule has 0 radical (unpaired) electrons. The van der Waals surface area contributed by atoms with Crippen LogP contribution in [-0.4, -0.2) is 64.7 Å². The van der Waals surface area contributed by atoms with Gasteiger partial charge in [-0.05, 0) is 49.5 Å². The van der Waals surface area contributed by atoms with E-state index in [-0.39, 0.29) is 36.2 Å². The number of nitrogens with zero attached hydrogens (tertiary/aromatic N) is 1. The summed E-state index contributed by atoms with van der Waals surface area (Å²) >= 11 is 0. The maximum Gasteiger partial charge on any atom is 0.235 e. The number of hydrogen-bond acceptors (Lipinski definition) is 9. The Hall–Kier alpha value is -3.66. The second-order valence-corrected chi connectivity index (χ2v) is 9.76. The number of hydrogen-bond donors (Lipinski definition) is 3. The van der Waals surface area contributed by atoms with E-state index < -0.39 is 64.1 Å². The summed E-state index contributed by atoms with van der Waals surface area (Å²) in [5.74, 6) is -10.9. The molecule has 0 spiro atoms. The van der Waals surface area contributed by atoms with Gasteiger partial charge in [0.05, 0.1) is 11.5 Å². The summed E-state index contributed by atoms with van der Waals surface area (Å²) in [6.45, 7) is 1.33. The van der Waals surface area contributed by atoms with Gasteiger partial charge in [-0.2, -0.15) is 0 Å². The van der Waals surface area contributed by atoms with Crippen LogP contribution in [0.2, 0.25) is 0 Å². The minimum Gasteiger partial charge on any atom is -0.507 e. The van der Waals surface area contributed by atoms with Crippen molar-refractivity contribution in [3.8, 4) is 5.75 Å². The lowest BCUT2D eigenvalue weighted by Crippen LogP contribution is -2.68. The summed E-state index contributed by atoms with van der Waals surface area (Å²) in [4.78, 5) is 77.5. The number of primary amides is 1. The Morgan fingerprint density at radius 3 is 2.37 bits per heavy atom. The molecular formula is C25H26N2O8. The number of anilines is 1. The number of phenols is 1. The summed E-state index contributed by atoms with van der Waals surface area (Å²) < 4.78 is 0. The molecule has 10 heteroatoms. The molecule has 2 saturated carbocycles. The van der Waals surface area contributed by atoms with E-state index in [1.54, 1.807) is 25.1 Å². The number of fused-ring (bicyclic) bond motifs is 3. The molecule has 10 nitrogen and oxygen atoms in total. The molecule has 4 N–H and O–H groups in total. The average molecular weight is 482 g/mol. The number of amides is 1. The van der Waals surface area contributed by atoms with E-state index in [0.717, 1.165) is 0 Å². The highest BCUT2D eigenvalue weighted by molar-refractivity contribution is 6.31. The smallest absolute Gasteiger partial charge is 0.235 e. The molecule has 3 aliphatic carbocycles. The predicted molar refractivity (Wildman–Crippen MR) is 123 cm³/mol.